The summed E-state index contributed by atoms with van der Waals surface area (Å²) in [5.41, 5.74) is 1.57. The molecule has 1 aromatic carbocycles. The summed E-state index contributed by atoms with van der Waals surface area (Å²) in [4.78, 5) is 20.8. The minimum Gasteiger partial charge on any atom is -0.356 e. The van der Waals surface area contributed by atoms with Gasteiger partial charge in [-0.3, -0.25) is 9.48 Å². The number of aryl methyl sites for hydroxylation is 1. The molecule has 1 amide bonds. The van der Waals surface area contributed by atoms with E-state index in [1.807, 2.05) is 31.1 Å². The maximum absolute atomic E-state index is 13.7. The van der Waals surface area contributed by atoms with Gasteiger partial charge >= 0.3 is 0 Å². The quantitative estimate of drug-likeness (QED) is 0.352. The van der Waals surface area contributed by atoms with Gasteiger partial charge in [0.25, 0.3) is 0 Å². The van der Waals surface area contributed by atoms with E-state index in [4.69, 9.17) is 0 Å². The van der Waals surface area contributed by atoms with Crippen molar-refractivity contribution in [3.63, 3.8) is 0 Å². The monoisotopic (exact) mass is 564 g/mol. The molecule has 0 unspecified atom stereocenters. The van der Waals surface area contributed by atoms with Crippen molar-refractivity contribution in [2.24, 2.45) is 12.0 Å². The lowest BCUT2D eigenvalue weighted by Gasteiger charge is -2.35. The van der Waals surface area contributed by atoms with E-state index in [2.05, 4.69) is 31.3 Å². The SMILES string of the molecule is CCNC(=NCc1ccc(Br)c(F)c1)N1CCN(c2cnn(C)c2)C(=O)C1.I. The summed E-state index contributed by atoms with van der Waals surface area (Å²) >= 11 is 3.15. The lowest BCUT2D eigenvalue weighted by Crippen LogP contribution is -2.55. The highest BCUT2D eigenvalue weighted by Crippen LogP contribution is 2.18. The number of carbonyl (C=O) groups is 1. The molecule has 0 spiro atoms. The lowest BCUT2D eigenvalue weighted by molar-refractivity contribution is -0.120. The first-order chi connectivity index (χ1) is 13.0. The molecule has 0 atom stereocenters. The predicted molar refractivity (Wildman–Crippen MR) is 121 cm³/mol. The van der Waals surface area contributed by atoms with Crippen LogP contribution in [0.5, 0.6) is 0 Å². The molecule has 3 rings (SSSR count). The zero-order chi connectivity index (χ0) is 19.4. The van der Waals surface area contributed by atoms with Crippen LogP contribution in [0.1, 0.15) is 12.5 Å². The molecule has 1 aliphatic rings. The number of aromatic nitrogens is 2. The summed E-state index contributed by atoms with van der Waals surface area (Å²) in [6.45, 7) is 4.44. The van der Waals surface area contributed by atoms with E-state index in [9.17, 15) is 9.18 Å². The van der Waals surface area contributed by atoms with Crippen molar-refractivity contribution in [1.29, 1.82) is 0 Å². The van der Waals surface area contributed by atoms with Crippen LogP contribution in [0.4, 0.5) is 10.1 Å². The molecule has 2 heterocycles. The van der Waals surface area contributed by atoms with Gasteiger partial charge in [-0.25, -0.2) is 9.38 Å². The molecule has 0 bridgehead atoms. The second kappa shape index (κ2) is 10.2. The van der Waals surface area contributed by atoms with Gasteiger partial charge in [0, 0.05) is 32.9 Å². The van der Waals surface area contributed by atoms with E-state index >= 15 is 0 Å². The fraction of sp³-hybridized carbons (Fsp3) is 0.389. The van der Waals surface area contributed by atoms with Crippen LogP contribution in [0.25, 0.3) is 0 Å². The van der Waals surface area contributed by atoms with Gasteiger partial charge in [0.05, 0.1) is 22.9 Å². The van der Waals surface area contributed by atoms with Gasteiger partial charge < -0.3 is 15.1 Å². The van der Waals surface area contributed by atoms with Crippen LogP contribution in [0.2, 0.25) is 0 Å². The Hall–Kier alpha value is -1.69. The number of rotatable bonds is 4. The molecule has 2 aromatic rings. The van der Waals surface area contributed by atoms with Crippen molar-refractivity contribution in [3.8, 4) is 0 Å². The highest BCUT2D eigenvalue weighted by atomic mass is 127. The summed E-state index contributed by atoms with van der Waals surface area (Å²) in [6, 6.07) is 4.96. The Labute approximate surface area is 189 Å². The number of hydrogen-bond acceptors (Lipinski definition) is 3. The number of guanidine groups is 1. The predicted octanol–water partition coefficient (Wildman–Crippen LogP) is 2.75. The number of benzene rings is 1. The number of anilines is 1. The highest BCUT2D eigenvalue weighted by molar-refractivity contribution is 14.0. The van der Waals surface area contributed by atoms with Crippen molar-refractivity contribution in [1.82, 2.24) is 20.0 Å². The van der Waals surface area contributed by atoms with E-state index in [-0.39, 0.29) is 42.2 Å². The van der Waals surface area contributed by atoms with Gasteiger partial charge in [-0.1, -0.05) is 6.07 Å². The molecular formula is C18H23BrFIN6O. The van der Waals surface area contributed by atoms with Gasteiger partial charge in [-0.05, 0) is 40.5 Å². The molecule has 7 nitrogen and oxygen atoms in total. The number of nitrogens with zero attached hydrogens (tertiary/aromatic N) is 5. The molecule has 0 aliphatic carbocycles. The highest BCUT2D eigenvalue weighted by Gasteiger charge is 2.27. The first kappa shape index (κ1) is 22.6. The molecule has 152 valence electrons. The Morgan fingerprint density at radius 1 is 1.39 bits per heavy atom. The molecule has 28 heavy (non-hydrogen) atoms. The van der Waals surface area contributed by atoms with Crippen molar-refractivity contribution >= 4 is 57.5 Å². The molecule has 0 saturated carbocycles. The molecule has 1 fully saturated rings. The fourth-order valence-electron chi connectivity index (χ4n) is 2.90. The summed E-state index contributed by atoms with van der Waals surface area (Å²) < 4.78 is 15.8. The number of hydrogen-bond donors (Lipinski definition) is 1. The van der Waals surface area contributed by atoms with Crippen molar-refractivity contribution in [2.75, 3.05) is 31.1 Å². The molecule has 1 N–H and O–H groups in total. The number of amides is 1. The molecule has 1 saturated heterocycles. The summed E-state index contributed by atoms with van der Waals surface area (Å²) in [5.74, 6) is 0.336. The van der Waals surface area contributed by atoms with E-state index in [0.29, 0.717) is 36.6 Å². The standard InChI is InChI=1S/C18H22BrFN6O.HI/c1-3-21-18(22-9-13-4-5-15(19)16(20)8-13)25-6-7-26(17(27)12-25)14-10-23-24(2)11-14;/h4-5,8,10-11H,3,6-7,9,12H2,1-2H3,(H,21,22);1H. The van der Waals surface area contributed by atoms with Crippen molar-refractivity contribution in [3.05, 3.63) is 46.4 Å². The Morgan fingerprint density at radius 2 is 2.18 bits per heavy atom. The molecular weight excluding hydrogens is 542 g/mol. The molecule has 1 aliphatic heterocycles. The summed E-state index contributed by atoms with van der Waals surface area (Å²) in [5, 5.41) is 7.34. The third-order valence-corrected chi connectivity index (χ3v) is 4.90. The minimum atomic E-state index is -0.312. The number of carbonyl (C=O) groups excluding carboxylic acids is 1. The third-order valence-electron chi connectivity index (χ3n) is 4.25. The molecule has 1 aromatic heterocycles. The van der Waals surface area contributed by atoms with Gasteiger partial charge in [-0.15, -0.1) is 24.0 Å². The van der Waals surface area contributed by atoms with E-state index in [0.717, 1.165) is 11.3 Å². The molecule has 10 heteroatoms. The maximum atomic E-state index is 13.7. The van der Waals surface area contributed by atoms with Gasteiger partial charge in [0.2, 0.25) is 5.91 Å². The van der Waals surface area contributed by atoms with E-state index < -0.39 is 0 Å². The average Bonchev–Trinajstić information content (AvgIpc) is 3.07. The van der Waals surface area contributed by atoms with Crippen molar-refractivity contribution < 1.29 is 9.18 Å². The normalized spacial score (nSPS) is 14.9. The van der Waals surface area contributed by atoms with Crippen LogP contribution in [-0.4, -0.2) is 52.7 Å². The Balaban J connectivity index is 0.00000280. The van der Waals surface area contributed by atoms with Crippen LogP contribution in [0.3, 0.4) is 0 Å². The fourth-order valence-corrected chi connectivity index (χ4v) is 3.15. The summed E-state index contributed by atoms with van der Waals surface area (Å²) in [7, 11) is 1.82. The number of aliphatic imine (C=N–C) groups is 1. The number of piperazine rings is 1. The second-order valence-electron chi connectivity index (χ2n) is 6.26. The van der Waals surface area contributed by atoms with Gasteiger partial charge in [0.1, 0.15) is 12.4 Å². The van der Waals surface area contributed by atoms with Gasteiger partial charge in [-0.2, -0.15) is 5.10 Å². The van der Waals surface area contributed by atoms with Crippen molar-refractivity contribution in [2.45, 2.75) is 13.5 Å². The van der Waals surface area contributed by atoms with Crippen LogP contribution < -0.4 is 10.2 Å². The first-order valence-corrected chi connectivity index (χ1v) is 9.53. The zero-order valence-corrected chi connectivity index (χ0v) is 19.6. The lowest BCUT2D eigenvalue weighted by atomic mass is 10.2. The second-order valence-corrected chi connectivity index (χ2v) is 7.11. The Bertz CT molecular complexity index is 858. The third kappa shape index (κ3) is 5.43. The number of halogens is 3. The zero-order valence-electron chi connectivity index (χ0n) is 15.7. The average molecular weight is 565 g/mol. The maximum Gasteiger partial charge on any atom is 0.246 e. The summed E-state index contributed by atoms with van der Waals surface area (Å²) in [6.07, 6.45) is 3.52. The minimum absolute atomic E-state index is 0. The smallest absolute Gasteiger partial charge is 0.246 e. The Kier molecular flexibility index (Phi) is 8.23. The molecule has 0 radical (unpaired) electrons. The topological polar surface area (TPSA) is 65.8 Å². The van der Waals surface area contributed by atoms with E-state index in [1.54, 1.807) is 21.8 Å². The van der Waals surface area contributed by atoms with Gasteiger partial charge in [0.15, 0.2) is 5.96 Å². The van der Waals surface area contributed by atoms with E-state index in [1.165, 1.54) is 6.07 Å². The van der Waals surface area contributed by atoms with Crippen LogP contribution in [-0.2, 0) is 18.4 Å². The van der Waals surface area contributed by atoms with Crippen LogP contribution in [0.15, 0.2) is 40.1 Å². The first-order valence-electron chi connectivity index (χ1n) is 8.74. The van der Waals surface area contributed by atoms with Crippen LogP contribution >= 0.6 is 39.9 Å². The Morgan fingerprint density at radius 3 is 2.79 bits per heavy atom. The van der Waals surface area contributed by atoms with Crippen LogP contribution in [0, 0.1) is 5.82 Å². The largest absolute Gasteiger partial charge is 0.356 e. The number of nitrogens with one attached hydrogen (secondary N) is 1.